The van der Waals surface area contributed by atoms with Crippen molar-refractivity contribution in [3.05, 3.63) is 24.2 Å². The average molecular weight is 477 g/mol. The molecule has 0 bridgehead atoms. The Morgan fingerprint density at radius 2 is 2.08 bits per heavy atom. The smallest absolute Gasteiger partial charge is 0.287 e. The van der Waals surface area contributed by atoms with E-state index in [1.54, 1.807) is 12.1 Å². The van der Waals surface area contributed by atoms with Gasteiger partial charge in [0.05, 0.1) is 12.8 Å². The molecule has 0 spiro atoms. The average Bonchev–Trinajstić information content (AvgIpc) is 3.15. The topological polar surface area (TPSA) is 81.9 Å². The lowest BCUT2D eigenvalue weighted by Gasteiger charge is -2.32. The summed E-state index contributed by atoms with van der Waals surface area (Å²) in [7, 11) is 0. The van der Waals surface area contributed by atoms with Gasteiger partial charge >= 0.3 is 0 Å². The molecule has 1 aromatic heterocycles. The Bertz CT molecular complexity index is 528. The summed E-state index contributed by atoms with van der Waals surface area (Å²) >= 11 is 0. The van der Waals surface area contributed by atoms with Crippen molar-refractivity contribution in [3.63, 3.8) is 0 Å². The molecule has 0 radical (unpaired) electrons. The molecule has 0 aliphatic carbocycles. The summed E-state index contributed by atoms with van der Waals surface area (Å²) in [6.45, 7) is 9.58. The van der Waals surface area contributed by atoms with E-state index < -0.39 is 0 Å². The SMILES string of the molecule is CCCN1CCC(NC(=NCCNC(=O)c2ccco2)NCC)CC1.I. The Labute approximate surface area is 173 Å². The predicted molar refractivity (Wildman–Crippen MR) is 115 cm³/mol. The third-order valence-corrected chi connectivity index (χ3v) is 4.22. The second-order valence-electron chi connectivity index (χ2n) is 6.25. The van der Waals surface area contributed by atoms with E-state index in [9.17, 15) is 4.79 Å². The van der Waals surface area contributed by atoms with Gasteiger partial charge in [-0.15, -0.1) is 24.0 Å². The highest BCUT2D eigenvalue weighted by Crippen LogP contribution is 2.10. The largest absolute Gasteiger partial charge is 0.459 e. The highest BCUT2D eigenvalue weighted by atomic mass is 127. The zero-order valence-electron chi connectivity index (χ0n) is 15.8. The van der Waals surface area contributed by atoms with Crippen molar-refractivity contribution in [2.45, 2.75) is 39.2 Å². The Morgan fingerprint density at radius 3 is 2.69 bits per heavy atom. The molecule has 7 nitrogen and oxygen atoms in total. The molecule has 1 fully saturated rings. The van der Waals surface area contributed by atoms with Crippen molar-refractivity contribution < 1.29 is 9.21 Å². The van der Waals surface area contributed by atoms with Crippen LogP contribution in [0, 0.1) is 0 Å². The predicted octanol–water partition coefficient (Wildman–Crippen LogP) is 2.06. The first-order valence-electron chi connectivity index (χ1n) is 9.31. The van der Waals surface area contributed by atoms with Crippen molar-refractivity contribution in [1.82, 2.24) is 20.9 Å². The van der Waals surface area contributed by atoms with Crippen LogP contribution >= 0.6 is 24.0 Å². The number of furan rings is 1. The summed E-state index contributed by atoms with van der Waals surface area (Å²) in [5.41, 5.74) is 0. The number of carbonyl (C=O) groups excluding carboxylic acids is 1. The molecule has 3 N–H and O–H groups in total. The highest BCUT2D eigenvalue weighted by molar-refractivity contribution is 14.0. The molecule has 0 atom stereocenters. The molecular formula is C18H32IN5O2. The molecule has 8 heteroatoms. The van der Waals surface area contributed by atoms with Crippen molar-refractivity contribution in [2.24, 2.45) is 4.99 Å². The number of hydrogen-bond acceptors (Lipinski definition) is 4. The van der Waals surface area contributed by atoms with Gasteiger partial charge in [0, 0.05) is 32.2 Å². The van der Waals surface area contributed by atoms with Gasteiger partial charge in [0.2, 0.25) is 0 Å². The number of halogens is 1. The van der Waals surface area contributed by atoms with Crippen LogP contribution in [0.3, 0.4) is 0 Å². The maximum absolute atomic E-state index is 11.8. The third kappa shape index (κ3) is 7.94. The summed E-state index contributed by atoms with van der Waals surface area (Å²) in [6, 6.07) is 3.81. The lowest BCUT2D eigenvalue weighted by molar-refractivity contribution is 0.0927. The first-order chi connectivity index (χ1) is 12.2. The Hall–Kier alpha value is -1.29. The summed E-state index contributed by atoms with van der Waals surface area (Å²) < 4.78 is 5.06. The number of aliphatic imine (C=N–C) groups is 1. The van der Waals surface area contributed by atoms with Gasteiger partial charge in [-0.25, -0.2) is 0 Å². The van der Waals surface area contributed by atoms with Crippen LogP contribution in [0.4, 0.5) is 0 Å². The fourth-order valence-electron chi connectivity index (χ4n) is 2.96. The van der Waals surface area contributed by atoms with E-state index in [-0.39, 0.29) is 29.9 Å². The number of likely N-dealkylation sites (tertiary alicyclic amines) is 1. The fourth-order valence-corrected chi connectivity index (χ4v) is 2.96. The van der Waals surface area contributed by atoms with Crippen molar-refractivity contribution in [1.29, 1.82) is 0 Å². The van der Waals surface area contributed by atoms with E-state index in [1.165, 1.54) is 19.2 Å². The molecule has 1 saturated heterocycles. The number of nitrogens with one attached hydrogen (secondary N) is 3. The van der Waals surface area contributed by atoms with Gasteiger partial charge in [-0.2, -0.15) is 0 Å². The fraction of sp³-hybridized carbons (Fsp3) is 0.667. The van der Waals surface area contributed by atoms with Gasteiger partial charge < -0.3 is 25.3 Å². The van der Waals surface area contributed by atoms with E-state index in [4.69, 9.17) is 4.42 Å². The molecule has 0 saturated carbocycles. The molecule has 0 aromatic carbocycles. The highest BCUT2D eigenvalue weighted by Gasteiger charge is 2.19. The molecule has 2 heterocycles. The van der Waals surface area contributed by atoms with Crippen LogP contribution in [0.15, 0.2) is 27.8 Å². The van der Waals surface area contributed by atoms with Gasteiger partial charge in [0.15, 0.2) is 11.7 Å². The second-order valence-corrected chi connectivity index (χ2v) is 6.25. The van der Waals surface area contributed by atoms with Crippen LogP contribution in [0.25, 0.3) is 0 Å². The molecule has 0 unspecified atom stereocenters. The monoisotopic (exact) mass is 477 g/mol. The van der Waals surface area contributed by atoms with Gasteiger partial charge in [0.25, 0.3) is 5.91 Å². The van der Waals surface area contributed by atoms with Crippen LogP contribution in [-0.4, -0.2) is 62.1 Å². The minimum Gasteiger partial charge on any atom is -0.459 e. The van der Waals surface area contributed by atoms with Crippen LogP contribution < -0.4 is 16.0 Å². The number of rotatable bonds is 8. The molecule has 2 rings (SSSR count). The summed E-state index contributed by atoms with van der Waals surface area (Å²) in [6.07, 6.45) is 4.98. The minimum atomic E-state index is -0.207. The molecule has 148 valence electrons. The van der Waals surface area contributed by atoms with Crippen molar-refractivity contribution >= 4 is 35.8 Å². The van der Waals surface area contributed by atoms with Gasteiger partial charge in [0.1, 0.15) is 0 Å². The summed E-state index contributed by atoms with van der Waals surface area (Å²) in [5, 5.41) is 9.60. The number of amides is 1. The van der Waals surface area contributed by atoms with Crippen LogP contribution in [-0.2, 0) is 0 Å². The van der Waals surface area contributed by atoms with Crippen molar-refractivity contribution in [3.8, 4) is 0 Å². The van der Waals surface area contributed by atoms with Crippen LogP contribution in [0.1, 0.15) is 43.7 Å². The molecular weight excluding hydrogens is 445 g/mol. The number of piperidine rings is 1. The van der Waals surface area contributed by atoms with E-state index in [0.29, 0.717) is 24.9 Å². The van der Waals surface area contributed by atoms with Crippen molar-refractivity contribution in [2.75, 3.05) is 39.3 Å². The van der Waals surface area contributed by atoms with E-state index in [1.807, 2.05) is 0 Å². The summed E-state index contributed by atoms with van der Waals surface area (Å²) in [4.78, 5) is 18.9. The van der Waals surface area contributed by atoms with Crippen LogP contribution in [0.2, 0.25) is 0 Å². The van der Waals surface area contributed by atoms with Gasteiger partial charge in [-0.1, -0.05) is 6.92 Å². The lowest BCUT2D eigenvalue weighted by Crippen LogP contribution is -2.49. The zero-order valence-corrected chi connectivity index (χ0v) is 18.1. The summed E-state index contributed by atoms with van der Waals surface area (Å²) in [5.74, 6) is 0.943. The number of nitrogens with zero attached hydrogens (tertiary/aromatic N) is 2. The maximum Gasteiger partial charge on any atom is 0.287 e. The molecule has 1 aromatic rings. The quantitative estimate of drug-likeness (QED) is 0.231. The van der Waals surface area contributed by atoms with E-state index in [0.717, 1.165) is 38.4 Å². The Balaban J connectivity index is 0.00000338. The zero-order chi connectivity index (χ0) is 17.9. The maximum atomic E-state index is 11.8. The standard InChI is InChI=1S/C18H31N5O2.HI/c1-3-11-23-12-7-15(8-13-23)22-18(19-4-2)21-10-9-20-17(24)16-6-5-14-25-16;/h5-6,14-15H,3-4,7-13H2,1-2H3,(H,20,24)(H2,19,21,22);1H. The number of guanidine groups is 1. The van der Waals surface area contributed by atoms with Gasteiger partial charge in [-0.05, 0) is 44.9 Å². The Morgan fingerprint density at radius 1 is 1.31 bits per heavy atom. The Kier molecular flexibility index (Phi) is 11.3. The number of hydrogen-bond donors (Lipinski definition) is 3. The first-order valence-corrected chi connectivity index (χ1v) is 9.31. The van der Waals surface area contributed by atoms with E-state index >= 15 is 0 Å². The normalized spacial score (nSPS) is 16.0. The molecule has 1 amide bonds. The number of carbonyl (C=O) groups is 1. The second kappa shape index (κ2) is 13.0. The minimum absolute atomic E-state index is 0. The molecule has 26 heavy (non-hydrogen) atoms. The van der Waals surface area contributed by atoms with Crippen LogP contribution in [0.5, 0.6) is 0 Å². The lowest BCUT2D eigenvalue weighted by atomic mass is 10.1. The van der Waals surface area contributed by atoms with E-state index in [2.05, 4.69) is 39.7 Å². The van der Waals surface area contributed by atoms with Gasteiger partial charge in [-0.3, -0.25) is 9.79 Å². The third-order valence-electron chi connectivity index (χ3n) is 4.22. The molecule has 1 aliphatic heterocycles. The first kappa shape index (κ1) is 22.8. The molecule has 1 aliphatic rings.